The molecule has 0 saturated carbocycles. The highest BCUT2D eigenvalue weighted by Gasteiger charge is 2.28. The Morgan fingerprint density at radius 2 is 2.07 bits per heavy atom. The summed E-state index contributed by atoms with van der Waals surface area (Å²) in [5.74, 6) is 0.544. The number of likely N-dealkylation sites (tertiary alicyclic amines) is 1. The number of benzene rings is 1. The molecular formula is C20H24FN3O4. The van der Waals surface area contributed by atoms with Gasteiger partial charge in [0.2, 0.25) is 11.7 Å². The first-order chi connectivity index (χ1) is 13.7. The Morgan fingerprint density at radius 1 is 1.25 bits per heavy atom. The van der Waals surface area contributed by atoms with Crippen LogP contribution in [0.15, 0.2) is 28.8 Å². The van der Waals surface area contributed by atoms with Crippen LogP contribution in [0.2, 0.25) is 0 Å². The van der Waals surface area contributed by atoms with Gasteiger partial charge in [-0.2, -0.15) is 4.98 Å². The van der Waals surface area contributed by atoms with Crippen LogP contribution in [0.25, 0.3) is 11.4 Å². The van der Waals surface area contributed by atoms with E-state index in [1.54, 1.807) is 23.1 Å². The molecule has 28 heavy (non-hydrogen) atoms. The maximum atomic E-state index is 13.9. The molecule has 1 amide bonds. The Bertz CT molecular complexity index is 806. The summed E-state index contributed by atoms with van der Waals surface area (Å²) in [4.78, 5) is 18.6. The number of rotatable bonds is 4. The first-order valence-electron chi connectivity index (χ1n) is 9.80. The molecule has 7 nitrogen and oxygen atoms in total. The molecule has 1 aromatic heterocycles. The molecule has 2 aliphatic heterocycles. The summed E-state index contributed by atoms with van der Waals surface area (Å²) in [6, 6.07) is 6.35. The van der Waals surface area contributed by atoms with Crippen LogP contribution >= 0.6 is 0 Å². The average Bonchev–Trinajstić information content (AvgIpc) is 3.17. The SMILES string of the molecule is O=C(OC1CCOCC1)N1CCCC(Cc2nc(-c3ccccc3F)no2)C1. The third-order valence-electron chi connectivity index (χ3n) is 5.26. The van der Waals surface area contributed by atoms with Crippen molar-refractivity contribution in [1.82, 2.24) is 15.0 Å². The van der Waals surface area contributed by atoms with Gasteiger partial charge in [0.1, 0.15) is 11.9 Å². The maximum absolute atomic E-state index is 13.9. The first-order valence-corrected chi connectivity index (χ1v) is 9.80. The van der Waals surface area contributed by atoms with Crippen molar-refractivity contribution in [2.75, 3.05) is 26.3 Å². The lowest BCUT2D eigenvalue weighted by Gasteiger charge is -2.33. The van der Waals surface area contributed by atoms with E-state index in [1.807, 2.05) is 0 Å². The molecule has 2 saturated heterocycles. The number of aromatic nitrogens is 2. The van der Waals surface area contributed by atoms with Crippen LogP contribution in [0.4, 0.5) is 9.18 Å². The quantitative estimate of drug-likeness (QED) is 0.797. The number of ether oxygens (including phenoxy) is 2. The van der Waals surface area contributed by atoms with E-state index < -0.39 is 0 Å². The van der Waals surface area contributed by atoms with E-state index in [1.165, 1.54) is 6.07 Å². The molecule has 150 valence electrons. The number of piperidine rings is 1. The minimum absolute atomic E-state index is 0.0547. The number of amides is 1. The van der Waals surface area contributed by atoms with Gasteiger partial charge in [0.05, 0.1) is 18.8 Å². The minimum Gasteiger partial charge on any atom is -0.446 e. The monoisotopic (exact) mass is 389 g/mol. The highest BCUT2D eigenvalue weighted by Crippen LogP contribution is 2.24. The normalized spacial score (nSPS) is 20.9. The van der Waals surface area contributed by atoms with Crippen LogP contribution in [0, 0.1) is 11.7 Å². The van der Waals surface area contributed by atoms with Gasteiger partial charge in [-0.1, -0.05) is 17.3 Å². The van der Waals surface area contributed by atoms with Crippen LogP contribution in [0.1, 0.15) is 31.6 Å². The van der Waals surface area contributed by atoms with E-state index in [4.69, 9.17) is 14.0 Å². The second kappa shape index (κ2) is 8.68. The van der Waals surface area contributed by atoms with Gasteiger partial charge >= 0.3 is 6.09 Å². The van der Waals surface area contributed by atoms with Gasteiger partial charge in [-0.25, -0.2) is 9.18 Å². The Morgan fingerprint density at radius 3 is 2.89 bits per heavy atom. The van der Waals surface area contributed by atoms with Crippen molar-refractivity contribution in [1.29, 1.82) is 0 Å². The smallest absolute Gasteiger partial charge is 0.410 e. The van der Waals surface area contributed by atoms with E-state index >= 15 is 0 Å². The maximum Gasteiger partial charge on any atom is 0.410 e. The van der Waals surface area contributed by atoms with Crippen LogP contribution in [-0.4, -0.2) is 53.5 Å². The number of carbonyl (C=O) groups excluding carboxylic acids is 1. The number of nitrogens with zero attached hydrogens (tertiary/aromatic N) is 3. The molecular weight excluding hydrogens is 365 g/mol. The Hall–Kier alpha value is -2.48. The topological polar surface area (TPSA) is 77.7 Å². The molecule has 8 heteroatoms. The lowest BCUT2D eigenvalue weighted by molar-refractivity contribution is -0.0139. The molecule has 0 bridgehead atoms. The summed E-state index contributed by atoms with van der Waals surface area (Å²) in [5.41, 5.74) is 0.322. The molecule has 0 spiro atoms. The van der Waals surface area contributed by atoms with Crippen molar-refractivity contribution in [2.45, 2.75) is 38.2 Å². The van der Waals surface area contributed by atoms with Gasteiger partial charge in [0.15, 0.2) is 0 Å². The van der Waals surface area contributed by atoms with Crippen molar-refractivity contribution >= 4 is 6.09 Å². The fraction of sp³-hybridized carbons (Fsp3) is 0.550. The van der Waals surface area contributed by atoms with E-state index in [9.17, 15) is 9.18 Å². The molecule has 0 N–H and O–H groups in total. The predicted octanol–water partition coefficient (Wildman–Crippen LogP) is 3.45. The Kier molecular flexibility index (Phi) is 5.85. The third-order valence-corrected chi connectivity index (χ3v) is 5.26. The summed E-state index contributed by atoms with van der Waals surface area (Å²) in [7, 11) is 0. The number of hydrogen-bond acceptors (Lipinski definition) is 6. The van der Waals surface area contributed by atoms with Gasteiger partial charge in [0, 0.05) is 32.4 Å². The predicted molar refractivity (Wildman–Crippen MR) is 98.0 cm³/mol. The summed E-state index contributed by atoms with van der Waals surface area (Å²) >= 11 is 0. The zero-order chi connectivity index (χ0) is 19.3. The minimum atomic E-state index is -0.380. The zero-order valence-electron chi connectivity index (χ0n) is 15.7. The van der Waals surface area contributed by atoms with Crippen molar-refractivity contribution in [3.63, 3.8) is 0 Å². The largest absolute Gasteiger partial charge is 0.446 e. The molecule has 3 heterocycles. The second-order valence-corrected chi connectivity index (χ2v) is 7.35. The first kappa shape index (κ1) is 18.9. The summed E-state index contributed by atoms with van der Waals surface area (Å²) in [5, 5.41) is 3.90. The van der Waals surface area contributed by atoms with Crippen molar-refractivity contribution in [2.24, 2.45) is 5.92 Å². The van der Waals surface area contributed by atoms with Crippen LogP contribution in [0.3, 0.4) is 0 Å². The van der Waals surface area contributed by atoms with E-state index in [-0.39, 0.29) is 29.8 Å². The number of carbonyl (C=O) groups is 1. The molecule has 1 aromatic carbocycles. The molecule has 2 aliphatic rings. The van der Waals surface area contributed by atoms with Gasteiger partial charge in [0.25, 0.3) is 0 Å². The Balaban J connectivity index is 1.34. The molecule has 1 atom stereocenters. The zero-order valence-corrected chi connectivity index (χ0v) is 15.7. The fourth-order valence-electron chi connectivity index (χ4n) is 3.75. The van der Waals surface area contributed by atoms with Crippen LogP contribution in [0.5, 0.6) is 0 Å². The molecule has 2 aromatic rings. The fourth-order valence-corrected chi connectivity index (χ4v) is 3.75. The Labute approximate surface area is 162 Å². The highest BCUT2D eigenvalue weighted by atomic mass is 19.1. The van der Waals surface area contributed by atoms with E-state index in [0.717, 1.165) is 25.7 Å². The standard InChI is InChI=1S/C20H24FN3O4/c21-17-6-2-1-5-16(17)19-22-18(28-23-19)12-14-4-3-9-24(13-14)20(25)27-15-7-10-26-11-8-15/h1-2,5-6,14-15H,3-4,7-13H2. The van der Waals surface area contributed by atoms with Gasteiger partial charge in [-0.3, -0.25) is 0 Å². The van der Waals surface area contributed by atoms with Crippen LogP contribution in [-0.2, 0) is 15.9 Å². The number of hydrogen-bond donors (Lipinski definition) is 0. The molecule has 1 unspecified atom stereocenters. The third kappa shape index (κ3) is 4.49. The van der Waals surface area contributed by atoms with Crippen molar-refractivity contribution in [3.8, 4) is 11.4 Å². The van der Waals surface area contributed by atoms with Gasteiger partial charge in [-0.15, -0.1) is 0 Å². The van der Waals surface area contributed by atoms with Gasteiger partial charge < -0.3 is 18.9 Å². The summed E-state index contributed by atoms with van der Waals surface area (Å²) < 4.78 is 30.1. The summed E-state index contributed by atoms with van der Waals surface area (Å²) in [6.07, 6.45) is 3.63. The number of halogens is 1. The molecule has 0 aliphatic carbocycles. The lowest BCUT2D eigenvalue weighted by atomic mass is 9.95. The van der Waals surface area contributed by atoms with E-state index in [2.05, 4.69) is 10.1 Å². The highest BCUT2D eigenvalue weighted by molar-refractivity contribution is 5.68. The second-order valence-electron chi connectivity index (χ2n) is 7.35. The average molecular weight is 389 g/mol. The molecule has 4 rings (SSSR count). The molecule has 2 fully saturated rings. The molecule has 0 radical (unpaired) electrons. The summed E-state index contributed by atoms with van der Waals surface area (Å²) in [6.45, 7) is 2.58. The van der Waals surface area contributed by atoms with Crippen molar-refractivity contribution in [3.05, 3.63) is 36.0 Å². The van der Waals surface area contributed by atoms with Crippen molar-refractivity contribution < 1.29 is 23.2 Å². The lowest BCUT2D eigenvalue weighted by Crippen LogP contribution is -2.42. The van der Waals surface area contributed by atoms with E-state index in [0.29, 0.717) is 44.2 Å². The van der Waals surface area contributed by atoms with Gasteiger partial charge in [-0.05, 0) is 30.9 Å². The van der Waals surface area contributed by atoms with Crippen LogP contribution < -0.4 is 0 Å².